The van der Waals surface area contributed by atoms with Crippen LogP contribution in [0.4, 0.5) is 0 Å². The van der Waals surface area contributed by atoms with Gasteiger partial charge >= 0.3 is 0 Å². The molecule has 1 aliphatic heterocycles. The van der Waals surface area contributed by atoms with Crippen LogP contribution in [0.3, 0.4) is 0 Å². The summed E-state index contributed by atoms with van der Waals surface area (Å²) < 4.78 is 0. The largest absolute Gasteiger partial charge is 0.337 e. The maximum absolute atomic E-state index is 12.6. The van der Waals surface area contributed by atoms with Crippen molar-refractivity contribution in [2.45, 2.75) is 52.0 Å². The molecule has 18 heavy (non-hydrogen) atoms. The first kappa shape index (κ1) is 15.8. The van der Waals surface area contributed by atoms with Crippen molar-refractivity contribution in [1.82, 2.24) is 4.90 Å². The van der Waals surface area contributed by atoms with E-state index in [9.17, 15) is 4.79 Å². The van der Waals surface area contributed by atoms with Gasteiger partial charge in [-0.2, -0.15) is 0 Å². The summed E-state index contributed by atoms with van der Waals surface area (Å²) >= 11 is 0. The summed E-state index contributed by atoms with van der Waals surface area (Å²) in [7, 11) is 0. The van der Waals surface area contributed by atoms with E-state index in [0.29, 0.717) is 24.3 Å². The average Bonchev–Trinajstić information content (AvgIpc) is 2.80. The van der Waals surface area contributed by atoms with Gasteiger partial charge in [-0.1, -0.05) is 13.3 Å². The van der Waals surface area contributed by atoms with Crippen LogP contribution >= 0.6 is 12.4 Å². The first-order valence-electron chi connectivity index (χ1n) is 6.97. The summed E-state index contributed by atoms with van der Waals surface area (Å²) in [4.78, 5) is 14.8. The molecule has 3 atom stereocenters. The van der Waals surface area contributed by atoms with E-state index in [1.807, 2.05) is 0 Å². The molecule has 0 aromatic rings. The Morgan fingerprint density at radius 1 is 1.39 bits per heavy atom. The quantitative estimate of drug-likeness (QED) is 0.841. The van der Waals surface area contributed by atoms with E-state index in [-0.39, 0.29) is 23.9 Å². The van der Waals surface area contributed by atoms with E-state index < -0.39 is 0 Å². The lowest BCUT2D eigenvalue weighted by Crippen LogP contribution is -2.47. The molecule has 2 fully saturated rings. The highest BCUT2D eigenvalue weighted by Crippen LogP contribution is 2.38. The summed E-state index contributed by atoms with van der Waals surface area (Å²) in [6, 6.07) is 0. The number of carbonyl (C=O) groups excluding carboxylic acids is 1. The molecule has 1 amide bonds. The number of nitrogens with zero attached hydrogens (tertiary/aromatic N) is 1. The van der Waals surface area contributed by atoms with Crippen LogP contribution in [0.5, 0.6) is 0 Å². The van der Waals surface area contributed by atoms with Crippen molar-refractivity contribution in [3.63, 3.8) is 0 Å². The Morgan fingerprint density at radius 2 is 2.06 bits per heavy atom. The highest BCUT2D eigenvalue weighted by molar-refractivity contribution is 5.85. The fourth-order valence-electron chi connectivity index (χ4n) is 3.82. The van der Waals surface area contributed by atoms with Gasteiger partial charge in [0.1, 0.15) is 0 Å². The van der Waals surface area contributed by atoms with Crippen LogP contribution < -0.4 is 5.73 Å². The summed E-state index contributed by atoms with van der Waals surface area (Å²) in [5.74, 6) is 1.62. The Morgan fingerprint density at radius 3 is 2.56 bits per heavy atom. The number of nitrogens with two attached hydrogens (primary N) is 1. The molecule has 2 aliphatic rings. The van der Waals surface area contributed by atoms with Gasteiger partial charge < -0.3 is 10.6 Å². The summed E-state index contributed by atoms with van der Waals surface area (Å²) in [6.07, 6.45) is 4.47. The molecule has 0 aromatic carbocycles. The van der Waals surface area contributed by atoms with Crippen molar-refractivity contribution in [1.29, 1.82) is 0 Å². The SMILES string of the molecule is CC1CN(C(=O)[C@@H]2CCC[C@@H]2CN)C(C)(C)C1.Cl. The Labute approximate surface area is 117 Å². The van der Waals surface area contributed by atoms with E-state index in [4.69, 9.17) is 5.73 Å². The minimum atomic E-state index is 0. The minimum absolute atomic E-state index is 0. The molecule has 1 saturated carbocycles. The third-order valence-corrected chi connectivity index (χ3v) is 4.62. The monoisotopic (exact) mass is 274 g/mol. The summed E-state index contributed by atoms with van der Waals surface area (Å²) in [5.41, 5.74) is 5.82. The van der Waals surface area contributed by atoms with Gasteiger partial charge in [-0.3, -0.25) is 4.79 Å². The molecule has 1 saturated heterocycles. The van der Waals surface area contributed by atoms with Crippen molar-refractivity contribution < 1.29 is 4.79 Å². The van der Waals surface area contributed by atoms with Crippen LogP contribution in [0.25, 0.3) is 0 Å². The third kappa shape index (κ3) is 2.83. The molecule has 106 valence electrons. The number of amides is 1. The Bertz CT molecular complexity index is 306. The van der Waals surface area contributed by atoms with Crippen molar-refractivity contribution in [3.05, 3.63) is 0 Å². The highest BCUT2D eigenvalue weighted by Gasteiger charge is 2.43. The van der Waals surface area contributed by atoms with Crippen molar-refractivity contribution in [2.75, 3.05) is 13.1 Å². The molecule has 3 nitrogen and oxygen atoms in total. The van der Waals surface area contributed by atoms with Gasteiger partial charge in [0.15, 0.2) is 0 Å². The summed E-state index contributed by atoms with van der Waals surface area (Å²) in [5, 5.41) is 0. The van der Waals surface area contributed by atoms with Crippen molar-refractivity contribution in [2.24, 2.45) is 23.5 Å². The van der Waals surface area contributed by atoms with E-state index in [1.54, 1.807) is 0 Å². The smallest absolute Gasteiger partial charge is 0.226 e. The van der Waals surface area contributed by atoms with Gasteiger partial charge in [0.05, 0.1) is 0 Å². The minimum Gasteiger partial charge on any atom is -0.337 e. The molecular weight excluding hydrogens is 248 g/mol. The predicted molar refractivity (Wildman–Crippen MR) is 76.7 cm³/mol. The van der Waals surface area contributed by atoms with Gasteiger partial charge in [0.2, 0.25) is 5.91 Å². The van der Waals surface area contributed by atoms with Crippen LogP contribution in [0.1, 0.15) is 46.5 Å². The van der Waals surface area contributed by atoms with Crippen LogP contribution in [-0.2, 0) is 4.79 Å². The second-order valence-electron chi connectivity index (χ2n) is 6.60. The van der Waals surface area contributed by atoms with Crippen molar-refractivity contribution in [3.8, 4) is 0 Å². The second-order valence-corrected chi connectivity index (χ2v) is 6.60. The molecule has 2 rings (SSSR count). The predicted octanol–water partition coefficient (Wildman–Crippen LogP) is 2.43. The van der Waals surface area contributed by atoms with Gasteiger partial charge in [0.25, 0.3) is 0 Å². The lowest BCUT2D eigenvalue weighted by atomic mass is 9.92. The molecule has 2 N–H and O–H groups in total. The highest BCUT2D eigenvalue weighted by atomic mass is 35.5. The van der Waals surface area contributed by atoms with Gasteiger partial charge in [0, 0.05) is 18.0 Å². The standard InChI is InChI=1S/C14H26N2O.ClH/c1-10-7-14(2,3)16(9-10)13(17)12-6-4-5-11(12)8-15;/h10-12H,4-9,15H2,1-3H3;1H/t10?,11-,12-;/m1./s1. The molecule has 1 unspecified atom stereocenters. The molecule has 4 heteroatoms. The Kier molecular flexibility index (Phi) is 5.07. The number of halogens is 1. The molecule has 0 spiro atoms. The normalized spacial score (nSPS) is 34.4. The van der Waals surface area contributed by atoms with E-state index in [0.717, 1.165) is 25.8 Å². The van der Waals surface area contributed by atoms with Crippen LogP contribution in [0, 0.1) is 17.8 Å². The fourth-order valence-corrected chi connectivity index (χ4v) is 3.82. The Balaban J connectivity index is 0.00000162. The van der Waals surface area contributed by atoms with E-state index in [2.05, 4.69) is 25.7 Å². The molecule has 1 aliphatic carbocycles. The number of rotatable bonds is 2. The van der Waals surface area contributed by atoms with Gasteiger partial charge in [-0.15, -0.1) is 12.4 Å². The number of hydrogen-bond acceptors (Lipinski definition) is 2. The van der Waals surface area contributed by atoms with Crippen LogP contribution in [-0.4, -0.2) is 29.4 Å². The number of hydrogen-bond donors (Lipinski definition) is 1. The number of likely N-dealkylation sites (tertiary alicyclic amines) is 1. The first-order chi connectivity index (χ1) is 7.95. The number of carbonyl (C=O) groups is 1. The lowest BCUT2D eigenvalue weighted by Gasteiger charge is -2.35. The average molecular weight is 275 g/mol. The molecule has 0 bridgehead atoms. The zero-order valence-corrected chi connectivity index (χ0v) is 12.6. The molecule has 0 radical (unpaired) electrons. The maximum Gasteiger partial charge on any atom is 0.226 e. The van der Waals surface area contributed by atoms with Crippen LogP contribution in [0.15, 0.2) is 0 Å². The molecular formula is C14H27ClN2O. The molecule has 1 heterocycles. The van der Waals surface area contributed by atoms with E-state index in [1.165, 1.54) is 6.42 Å². The topological polar surface area (TPSA) is 46.3 Å². The third-order valence-electron chi connectivity index (χ3n) is 4.62. The lowest BCUT2D eigenvalue weighted by molar-refractivity contribution is -0.139. The molecule has 0 aromatic heterocycles. The second kappa shape index (κ2) is 5.79. The maximum atomic E-state index is 12.6. The zero-order chi connectivity index (χ0) is 12.6. The van der Waals surface area contributed by atoms with Crippen LogP contribution in [0.2, 0.25) is 0 Å². The van der Waals surface area contributed by atoms with Gasteiger partial charge in [-0.05, 0) is 51.5 Å². The zero-order valence-electron chi connectivity index (χ0n) is 11.8. The van der Waals surface area contributed by atoms with Gasteiger partial charge in [-0.25, -0.2) is 0 Å². The van der Waals surface area contributed by atoms with Crippen molar-refractivity contribution >= 4 is 18.3 Å². The fraction of sp³-hybridized carbons (Fsp3) is 0.929. The van der Waals surface area contributed by atoms with E-state index >= 15 is 0 Å². The Hall–Kier alpha value is -0.280. The summed E-state index contributed by atoms with van der Waals surface area (Å²) in [6.45, 7) is 8.23. The first-order valence-corrected chi connectivity index (χ1v) is 6.97.